The first kappa shape index (κ1) is 27.9. The van der Waals surface area contributed by atoms with Gasteiger partial charge in [-0.2, -0.15) is 18.2 Å². The number of anilines is 1. The summed E-state index contributed by atoms with van der Waals surface area (Å²) in [5.74, 6) is -2.51. The molecule has 1 aliphatic heterocycles. The van der Waals surface area contributed by atoms with Gasteiger partial charge in [0.15, 0.2) is 0 Å². The highest BCUT2D eigenvalue weighted by molar-refractivity contribution is 9.10. The number of nitrogens with zero attached hydrogens (tertiary/aromatic N) is 3. The highest BCUT2D eigenvalue weighted by Crippen LogP contribution is 2.39. The monoisotopic (exact) mass is 616 g/mol. The average molecular weight is 617 g/mol. The zero-order valence-electron chi connectivity index (χ0n) is 20.2. The quantitative estimate of drug-likeness (QED) is 0.349. The van der Waals surface area contributed by atoms with E-state index in [1.165, 1.54) is 40.9 Å². The SMILES string of the molecule is CC(C)(C)OC(=O)N[C@H]1CSc2cc(F)c(Br)cc2N(Cc2ccc(-c3noc(C(F)(F)F)n3)cc2)C1=O. The molecule has 0 fully saturated rings. The first-order chi connectivity index (χ1) is 17.7. The van der Waals surface area contributed by atoms with Gasteiger partial charge in [0, 0.05) is 16.2 Å². The summed E-state index contributed by atoms with van der Waals surface area (Å²) < 4.78 is 62.4. The Morgan fingerprint density at radius 2 is 1.92 bits per heavy atom. The molecule has 0 bridgehead atoms. The van der Waals surface area contributed by atoms with Crippen LogP contribution in [0.15, 0.2) is 50.3 Å². The fraction of sp³-hybridized carbons (Fsp3) is 0.333. The smallest absolute Gasteiger partial charge is 0.444 e. The molecule has 2 aromatic carbocycles. The number of halogens is 5. The Morgan fingerprint density at radius 3 is 2.53 bits per heavy atom. The largest absolute Gasteiger partial charge is 0.471 e. The maximum Gasteiger partial charge on any atom is 0.471 e. The number of alkyl halides is 3. The zero-order chi connectivity index (χ0) is 27.8. The number of hydrogen-bond donors (Lipinski definition) is 1. The second kappa shape index (κ2) is 10.6. The van der Waals surface area contributed by atoms with Crippen molar-refractivity contribution in [3.8, 4) is 11.4 Å². The number of aromatic nitrogens is 2. The topological polar surface area (TPSA) is 97.6 Å². The minimum absolute atomic E-state index is 0.0251. The lowest BCUT2D eigenvalue weighted by Gasteiger charge is -2.27. The molecule has 0 saturated heterocycles. The summed E-state index contributed by atoms with van der Waals surface area (Å²) in [5.41, 5.74) is 0.540. The number of fused-ring (bicyclic) bond motifs is 1. The number of amides is 2. The molecular weight excluding hydrogens is 596 g/mol. The fourth-order valence-corrected chi connectivity index (χ4v) is 4.92. The van der Waals surface area contributed by atoms with E-state index in [-0.39, 0.29) is 28.2 Å². The van der Waals surface area contributed by atoms with E-state index in [1.807, 2.05) is 0 Å². The highest BCUT2D eigenvalue weighted by Gasteiger charge is 2.38. The van der Waals surface area contributed by atoms with Crippen LogP contribution in [0.3, 0.4) is 0 Å². The lowest BCUT2D eigenvalue weighted by molar-refractivity contribution is -0.159. The van der Waals surface area contributed by atoms with Crippen molar-refractivity contribution in [3.05, 3.63) is 58.1 Å². The Morgan fingerprint density at radius 1 is 1.24 bits per heavy atom. The van der Waals surface area contributed by atoms with Crippen molar-refractivity contribution < 1.29 is 36.4 Å². The molecule has 38 heavy (non-hydrogen) atoms. The van der Waals surface area contributed by atoms with Crippen molar-refractivity contribution in [2.45, 2.75) is 50.0 Å². The predicted octanol–water partition coefficient (Wildman–Crippen LogP) is 6.19. The van der Waals surface area contributed by atoms with E-state index in [2.05, 4.69) is 35.9 Å². The van der Waals surface area contributed by atoms with E-state index in [0.29, 0.717) is 16.1 Å². The summed E-state index contributed by atoms with van der Waals surface area (Å²) in [6.45, 7) is 5.11. The molecule has 0 saturated carbocycles. The van der Waals surface area contributed by atoms with Crippen LogP contribution in [0.5, 0.6) is 0 Å². The molecule has 1 aromatic heterocycles. The number of nitrogens with one attached hydrogen (secondary N) is 1. The van der Waals surface area contributed by atoms with Crippen molar-refractivity contribution in [2.24, 2.45) is 0 Å². The molecule has 1 aliphatic rings. The normalized spacial score (nSPS) is 16.2. The average Bonchev–Trinajstić information content (AvgIpc) is 3.28. The van der Waals surface area contributed by atoms with Crippen molar-refractivity contribution in [1.29, 1.82) is 0 Å². The van der Waals surface area contributed by atoms with E-state index < -0.39 is 41.5 Å². The van der Waals surface area contributed by atoms with Gasteiger partial charge in [-0.25, -0.2) is 9.18 Å². The van der Waals surface area contributed by atoms with Crippen LogP contribution >= 0.6 is 27.7 Å². The third kappa shape index (κ3) is 6.46. The van der Waals surface area contributed by atoms with E-state index in [1.54, 1.807) is 32.9 Å². The van der Waals surface area contributed by atoms with Gasteiger partial charge in [0.1, 0.15) is 17.5 Å². The van der Waals surface area contributed by atoms with Gasteiger partial charge in [0.2, 0.25) is 5.82 Å². The van der Waals surface area contributed by atoms with Gasteiger partial charge in [-0.05, 0) is 54.4 Å². The van der Waals surface area contributed by atoms with Crippen LogP contribution in [0.4, 0.5) is 28.0 Å². The number of hydrogen-bond acceptors (Lipinski definition) is 7. The van der Waals surface area contributed by atoms with Gasteiger partial charge in [-0.15, -0.1) is 11.8 Å². The van der Waals surface area contributed by atoms with Gasteiger partial charge in [-0.3, -0.25) is 4.79 Å². The molecular formula is C24H21BrF4N4O4S. The van der Waals surface area contributed by atoms with E-state index in [0.717, 1.165) is 0 Å². The highest BCUT2D eigenvalue weighted by atomic mass is 79.9. The Balaban J connectivity index is 1.61. The third-order valence-electron chi connectivity index (χ3n) is 5.17. The Hall–Kier alpha value is -3.13. The van der Waals surface area contributed by atoms with Crippen LogP contribution in [0, 0.1) is 5.82 Å². The minimum atomic E-state index is -4.76. The fourth-order valence-electron chi connectivity index (χ4n) is 3.51. The molecule has 0 radical (unpaired) electrons. The number of rotatable bonds is 4. The van der Waals surface area contributed by atoms with Gasteiger partial charge in [0.05, 0.1) is 16.7 Å². The maximum absolute atomic E-state index is 14.3. The second-order valence-corrected chi connectivity index (χ2v) is 11.2. The Bertz CT molecular complexity index is 1360. The van der Waals surface area contributed by atoms with Crippen molar-refractivity contribution in [1.82, 2.24) is 15.5 Å². The van der Waals surface area contributed by atoms with E-state index in [4.69, 9.17) is 4.74 Å². The predicted molar refractivity (Wildman–Crippen MR) is 134 cm³/mol. The number of ether oxygens (including phenoxy) is 1. The molecule has 202 valence electrons. The molecule has 14 heteroatoms. The lowest BCUT2D eigenvalue weighted by Crippen LogP contribution is -2.50. The summed E-state index contributed by atoms with van der Waals surface area (Å²) >= 11 is 4.37. The van der Waals surface area contributed by atoms with Crippen LogP contribution < -0.4 is 10.2 Å². The summed E-state index contributed by atoms with van der Waals surface area (Å²) in [5, 5.41) is 5.96. The number of carbonyl (C=O) groups excluding carboxylic acids is 2. The van der Waals surface area contributed by atoms with Crippen LogP contribution in [0.1, 0.15) is 32.2 Å². The zero-order valence-corrected chi connectivity index (χ0v) is 22.6. The van der Waals surface area contributed by atoms with Gasteiger partial charge in [0.25, 0.3) is 5.91 Å². The lowest BCUT2D eigenvalue weighted by atomic mass is 10.1. The van der Waals surface area contributed by atoms with E-state index in [9.17, 15) is 27.2 Å². The van der Waals surface area contributed by atoms with Crippen LogP contribution in [-0.2, 0) is 22.3 Å². The maximum atomic E-state index is 14.3. The number of carbonyl (C=O) groups is 2. The second-order valence-electron chi connectivity index (χ2n) is 9.29. The molecule has 8 nitrogen and oxygen atoms in total. The molecule has 1 atom stereocenters. The Kier molecular flexibility index (Phi) is 7.75. The van der Waals surface area contributed by atoms with Gasteiger partial charge >= 0.3 is 18.2 Å². The number of benzene rings is 2. The van der Waals surface area contributed by atoms with Gasteiger partial charge < -0.3 is 19.5 Å². The first-order valence-electron chi connectivity index (χ1n) is 11.1. The molecule has 2 heterocycles. The van der Waals surface area contributed by atoms with Crippen LogP contribution in [0.2, 0.25) is 0 Å². The van der Waals surface area contributed by atoms with E-state index >= 15 is 0 Å². The molecule has 4 rings (SSSR count). The first-order valence-corrected chi connectivity index (χ1v) is 12.9. The van der Waals surface area contributed by atoms with Crippen LogP contribution in [0.25, 0.3) is 11.4 Å². The van der Waals surface area contributed by atoms with Crippen LogP contribution in [-0.4, -0.2) is 39.5 Å². The number of alkyl carbamates (subject to hydrolysis) is 1. The van der Waals surface area contributed by atoms with Crippen molar-refractivity contribution in [3.63, 3.8) is 0 Å². The minimum Gasteiger partial charge on any atom is -0.444 e. The molecule has 3 aromatic rings. The standard InChI is InChI=1S/C24H21BrF4N4O4S/c1-23(2,3)36-22(35)30-16-11-38-18-9-15(26)14(25)8-17(18)33(20(16)34)10-12-4-6-13(7-5-12)19-31-21(37-32-19)24(27,28)29/h4-9,16H,10-11H2,1-3H3,(H,30,35)/t16-/m0/s1. The molecule has 1 N–H and O–H groups in total. The van der Waals surface area contributed by atoms with Crippen molar-refractivity contribution >= 4 is 45.4 Å². The molecule has 0 unspecified atom stereocenters. The van der Waals surface area contributed by atoms with Crippen molar-refractivity contribution in [2.75, 3.05) is 10.7 Å². The third-order valence-corrected chi connectivity index (χ3v) is 6.92. The van der Waals surface area contributed by atoms with Gasteiger partial charge in [-0.1, -0.05) is 29.4 Å². The summed E-state index contributed by atoms with van der Waals surface area (Å²) in [4.78, 5) is 31.3. The summed E-state index contributed by atoms with van der Waals surface area (Å²) in [7, 11) is 0. The molecule has 0 aliphatic carbocycles. The molecule has 0 spiro atoms. The molecule has 2 amide bonds. The summed E-state index contributed by atoms with van der Waals surface area (Å²) in [6, 6.07) is 8.00. The Labute approximate surface area is 227 Å². The number of thioether (sulfide) groups is 1. The summed E-state index contributed by atoms with van der Waals surface area (Å²) in [6.07, 6.45) is -5.53.